The molecule has 3 heterocycles. The summed E-state index contributed by atoms with van der Waals surface area (Å²) in [5, 5.41) is 4.24. The third-order valence-corrected chi connectivity index (χ3v) is 8.70. The van der Waals surface area contributed by atoms with Crippen LogP contribution in [-0.4, -0.2) is 15.0 Å². The molecule has 0 radical (unpaired) electrons. The van der Waals surface area contributed by atoms with Crippen LogP contribution in [0.1, 0.15) is 18.5 Å². The quantitative estimate of drug-likeness (QED) is 0.195. The number of pyridine rings is 1. The summed E-state index contributed by atoms with van der Waals surface area (Å²) in [7, 11) is 0. The van der Waals surface area contributed by atoms with Gasteiger partial charge in [-0.25, -0.2) is 15.0 Å². The minimum atomic E-state index is 0.699. The van der Waals surface area contributed by atoms with E-state index in [0.717, 1.165) is 95.8 Å². The first-order valence-corrected chi connectivity index (χ1v) is 15.4. The number of hydrogen-bond donors (Lipinski definition) is 0. The zero-order chi connectivity index (χ0) is 29.7. The molecule has 0 fully saturated rings. The average Bonchev–Trinajstić information content (AvgIpc) is 3.50. The number of allylic oxidation sites excluding steroid dienone is 4. The average molecular weight is 578 g/mol. The molecule has 45 heavy (non-hydrogen) atoms. The summed E-state index contributed by atoms with van der Waals surface area (Å²) in [5.41, 5.74) is 10.7. The summed E-state index contributed by atoms with van der Waals surface area (Å²) in [6.45, 7) is 0. The van der Waals surface area contributed by atoms with E-state index in [-0.39, 0.29) is 0 Å². The number of benzene rings is 5. The molecule has 4 nitrogen and oxygen atoms in total. The van der Waals surface area contributed by atoms with Crippen molar-refractivity contribution in [1.82, 2.24) is 15.0 Å². The van der Waals surface area contributed by atoms with E-state index in [9.17, 15) is 0 Å². The first-order chi connectivity index (χ1) is 22.3. The van der Waals surface area contributed by atoms with Gasteiger partial charge in [-0.2, -0.15) is 0 Å². The summed E-state index contributed by atoms with van der Waals surface area (Å²) >= 11 is 0. The van der Waals surface area contributed by atoms with Gasteiger partial charge in [0, 0.05) is 32.7 Å². The van der Waals surface area contributed by atoms with Crippen molar-refractivity contribution < 1.29 is 4.42 Å². The molecular weight excluding hydrogens is 550 g/mol. The lowest BCUT2D eigenvalue weighted by molar-refractivity contribution is 0.669. The molecule has 4 heteroatoms. The Morgan fingerprint density at radius 3 is 2.07 bits per heavy atom. The van der Waals surface area contributed by atoms with E-state index in [1.165, 1.54) is 0 Å². The minimum Gasteiger partial charge on any atom is -0.456 e. The highest BCUT2D eigenvalue weighted by molar-refractivity contribution is 6.12. The highest BCUT2D eigenvalue weighted by atomic mass is 16.3. The zero-order valence-corrected chi connectivity index (χ0v) is 24.4. The molecule has 0 aliphatic heterocycles. The third-order valence-electron chi connectivity index (χ3n) is 8.70. The van der Waals surface area contributed by atoms with Gasteiger partial charge in [0.1, 0.15) is 16.7 Å². The summed E-state index contributed by atoms with van der Waals surface area (Å²) in [6.07, 6.45) is 8.74. The van der Waals surface area contributed by atoms with Crippen molar-refractivity contribution >= 4 is 49.3 Å². The number of furan rings is 1. The van der Waals surface area contributed by atoms with Gasteiger partial charge in [0.2, 0.25) is 0 Å². The second-order valence-electron chi connectivity index (χ2n) is 11.5. The van der Waals surface area contributed by atoms with Crippen LogP contribution in [0.5, 0.6) is 0 Å². The lowest BCUT2D eigenvalue weighted by Crippen LogP contribution is -2.00. The fourth-order valence-electron chi connectivity index (χ4n) is 6.49. The lowest BCUT2D eigenvalue weighted by Gasteiger charge is -2.16. The molecule has 0 bridgehead atoms. The van der Waals surface area contributed by atoms with Gasteiger partial charge in [-0.3, -0.25) is 0 Å². The second-order valence-corrected chi connectivity index (χ2v) is 11.5. The van der Waals surface area contributed by atoms with E-state index in [1.807, 2.05) is 30.3 Å². The van der Waals surface area contributed by atoms with Crippen LogP contribution < -0.4 is 0 Å². The Bertz CT molecular complexity index is 2470. The maximum Gasteiger partial charge on any atom is 0.160 e. The van der Waals surface area contributed by atoms with Gasteiger partial charge < -0.3 is 4.42 Å². The number of nitrogens with zero attached hydrogens (tertiary/aromatic N) is 3. The van der Waals surface area contributed by atoms with Crippen LogP contribution in [0.25, 0.3) is 83.1 Å². The highest BCUT2D eigenvalue weighted by Gasteiger charge is 2.19. The summed E-state index contributed by atoms with van der Waals surface area (Å²) < 4.78 is 6.14. The molecule has 0 saturated heterocycles. The number of aromatic nitrogens is 3. The Hall–Kier alpha value is -5.87. The second kappa shape index (κ2) is 10.4. The van der Waals surface area contributed by atoms with Crippen LogP contribution in [0.3, 0.4) is 0 Å². The Kier molecular flexibility index (Phi) is 5.91. The highest BCUT2D eigenvalue weighted by Crippen LogP contribution is 2.39. The molecule has 0 unspecified atom stereocenters. The van der Waals surface area contributed by atoms with Crippen LogP contribution in [0, 0.1) is 0 Å². The van der Waals surface area contributed by atoms with Crippen LogP contribution in [0.4, 0.5) is 0 Å². The molecule has 3 aromatic heterocycles. The van der Waals surface area contributed by atoms with Gasteiger partial charge in [-0.15, -0.1) is 0 Å². The van der Waals surface area contributed by atoms with Gasteiger partial charge in [0.25, 0.3) is 0 Å². The molecule has 5 aromatic carbocycles. The van der Waals surface area contributed by atoms with Crippen molar-refractivity contribution in [3.8, 4) is 33.8 Å². The number of hydrogen-bond acceptors (Lipinski definition) is 4. The Morgan fingerprint density at radius 1 is 0.511 bits per heavy atom. The van der Waals surface area contributed by atoms with Gasteiger partial charge in [0.05, 0.1) is 16.9 Å². The number of fused-ring (bicyclic) bond motifs is 6. The van der Waals surface area contributed by atoms with E-state index in [2.05, 4.69) is 109 Å². The molecule has 0 atom stereocenters. The number of para-hydroxylation sites is 1. The van der Waals surface area contributed by atoms with Crippen LogP contribution >= 0.6 is 0 Å². The van der Waals surface area contributed by atoms with E-state index in [0.29, 0.717) is 5.82 Å². The van der Waals surface area contributed by atoms with E-state index in [4.69, 9.17) is 19.4 Å². The van der Waals surface area contributed by atoms with Crippen LogP contribution in [-0.2, 0) is 0 Å². The summed E-state index contributed by atoms with van der Waals surface area (Å²) in [5.74, 6) is 0.699. The van der Waals surface area contributed by atoms with Crippen molar-refractivity contribution in [2.24, 2.45) is 0 Å². The molecular formula is C41H27N3O. The van der Waals surface area contributed by atoms with Gasteiger partial charge in [0.15, 0.2) is 5.82 Å². The SMILES string of the molecule is C1=CC(c2nc(-c3ccccc3)nc3c2ccc2c(-c4ccccc4)cc(-c4ccc5oc6ccccc6c5c4)nc23)=CCC1. The zero-order valence-electron chi connectivity index (χ0n) is 24.4. The molecule has 1 aliphatic carbocycles. The van der Waals surface area contributed by atoms with E-state index >= 15 is 0 Å². The van der Waals surface area contributed by atoms with Crippen molar-refractivity contribution in [2.75, 3.05) is 0 Å². The molecule has 0 spiro atoms. The van der Waals surface area contributed by atoms with Gasteiger partial charge in [-0.1, -0.05) is 103 Å². The monoisotopic (exact) mass is 577 g/mol. The van der Waals surface area contributed by atoms with Crippen molar-refractivity contribution in [2.45, 2.75) is 12.8 Å². The lowest BCUT2D eigenvalue weighted by atomic mass is 9.95. The maximum absolute atomic E-state index is 6.14. The van der Waals surface area contributed by atoms with E-state index in [1.54, 1.807) is 0 Å². The predicted octanol–water partition coefficient (Wildman–Crippen LogP) is 10.8. The van der Waals surface area contributed by atoms with Crippen LogP contribution in [0.2, 0.25) is 0 Å². The Balaban J connectivity index is 1.37. The molecule has 212 valence electrons. The number of rotatable bonds is 4. The molecule has 0 saturated carbocycles. The Morgan fingerprint density at radius 2 is 1.24 bits per heavy atom. The standard InChI is InChI=1S/C41H27N3O/c1-4-12-26(13-5-1)33-25-35(29-20-23-37-34(24-29)30-18-10-11-19-36(30)45-37)42-39-31(33)21-22-32-38(27-14-6-2-7-15-27)43-41(44-40(32)39)28-16-8-3-9-17-28/h1,3-6,8-25H,2,7H2. The largest absolute Gasteiger partial charge is 0.456 e. The predicted molar refractivity (Wildman–Crippen MR) is 185 cm³/mol. The molecule has 9 rings (SSSR count). The topological polar surface area (TPSA) is 51.8 Å². The maximum atomic E-state index is 6.14. The normalized spacial score (nSPS) is 13.2. The molecule has 0 N–H and O–H groups in total. The fraction of sp³-hybridized carbons (Fsp3) is 0.0488. The molecule has 8 aromatic rings. The van der Waals surface area contributed by atoms with E-state index < -0.39 is 0 Å². The first kappa shape index (κ1) is 25.6. The van der Waals surface area contributed by atoms with Crippen LogP contribution in [0.15, 0.2) is 144 Å². The minimum absolute atomic E-state index is 0.699. The molecule has 0 amide bonds. The van der Waals surface area contributed by atoms with Gasteiger partial charge in [-0.05, 0) is 65.9 Å². The van der Waals surface area contributed by atoms with Crippen molar-refractivity contribution in [3.63, 3.8) is 0 Å². The first-order valence-electron chi connectivity index (χ1n) is 15.4. The summed E-state index contributed by atoms with van der Waals surface area (Å²) in [6, 6.07) is 41.9. The van der Waals surface area contributed by atoms with Gasteiger partial charge >= 0.3 is 0 Å². The van der Waals surface area contributed by atoms with Crippen molar-refractivity contribution in [3.05, 3.63) is 145 Å². The molecule has 1 aliphatic rings. The fourth-order valence-corrected chi connectivity index (χ4v) is 6.49. The smallest absolute Gasteiger partial charge is 0.160 e. The third kappa shape index (κ3) is 4.34. The summed E-state index contributed by atoms with van der Waals surface area (Å²) in [4.78, 5) is 15.8. The van der Waals surface area contributed by atoms with Crippen molar-refractivity contribution in [1.29, 1.82) is 0 Å². The Labute approximate surface area is 260 Å².